The zero-order chi connectivity index (χ0) is 23.5. The van der Waals surface area contributed by atoms with Crippen LogP contribution >= 0.6 is 0 Å². The van der Waals surface area contributed by atoms with E-state index in [4.69, 9.17) is 0 Å². The van der Waals surface area contributed by atoms with Crippen LogP contribution in [0.15, 0.2) is 63.2 Å². The van der Waals surface area contributed by atoms with Crippen LogP contribution in [0.5, 0.6) is 0 Å². The molecule has 0 spiro atoms. The summed E-state index contributed by atoms with van der Waals surface area (Å²) in [6.07, 6.45) is 3.05. The molecule has 2 aliphatic rings. The van der Waals surface area contributed by atoms with Crippen molar-refractivity contribution in [2.24, 2.45) is 0 Å². The molecule has 7 nitrogen and oxygen atoms in total. The van der Waals surface area contributed by atoms with E-state index in [1.165, 1.54) is 41.4 Å². The predicted molar refractivity (Wildman–Crippen MR) is 129 cm³/mol. The third kappa shape index (κ3) is 5.33. The summed E-state index contributed by atoms with van der Waals surface area (Å²) in [5, 5.41) is 0. The van der Waals surface area contributed by atoms with Gasteiger partial charge in [-0.1, -0.05) is 31.2 Å². The first-order valence-electron chi connectivity index (χ1n) is 11.7. The second-order valence-corrected chi connectivity index (χ2v) is 12.6. The van der Waals surface area contributed by atoms with Crippen molar-refractivity contribution in [1.82, 2.24) is 14.1 Å². The first-order chi connectivity index (χ1) is 15.8. The molecule has 2 aromatic rings. The number of likely N-dealkylation sites (tertiary alicyclic amines) is 1. The first kappa shape index (κ1) is 24.3. The van der Waals surface area contributed by atoms with Crippen LogP contribution in [0, 0.1) is 0 Å². The lowest BCUT2D eigenvalue weighted by molar-refractivity contribution is 0.168. The molecule has 0 bridgehead atoms. The van der Waals surface area contributed by atoms with Gasteiger partial charge in [-0.15, -0.1) is 0 Å². The number of rotatable bonds is 8. The van der Waals surface area contributed by atoms with E-state index in [0.29, 0.717) is 38.2 Å². The van der Waals surface area contributed by atoms with Crippen LogP contribution in [0.1, 0.15) is 25.3 Å². The van der Waals surface area contributed by atoms with Gasteiger partial charge in [0.25, 0.3) is 0 Å². The Morgan fingerprint density at radius 2 is 1.33 bits per heavy atom. The Kier molecular flexibility index (Phi) is 7.55. The summed E-state index contributed by atoms with van der Waals surface area (Å²) in [6, 6.07) is 12.6. The Hall–Kier alpha value is -1.78. The number of aryl methyl sites for hydroxylation is 1. The molecule has 0 aliphatic carbocycles. The van der Waals surface area contributed by atoms with Crippen LogP contribution in [-0.4, -0.2) is 83.3 Å². The highest BCUT2D eigenvalue weighted by Crippen LogP contribution is 2.28. The average molecular weight is 492 g/mol. The molecule has 0 unspecified atom stereocenters. The van der Waals surface area contributed by atoms with Gasteiger partial charge in [-0.2, -0.15) is 4.31 Å². The van der Waals surface area contributed by atoms with E-state index in [0.717, 1.165) is 26.2 Å². The summed E-state index contributed by atoms with van der Waals surface area (Å²) in [4.78, 5) is 5.06. The first-order valence-corrected chi connectivity index (χ1v) is 14.6. The monoisotopic (exact) mass is 491 g/mol. The fraction of sp³-hybridized carbons (Fsp3) is 0.500. The van der Waals surface area contributed by atoms with E-state index in [1.54, 1.807) is 24.3 Å². The number of hydrogen-bond donors (Lipinski definition) is 0. The lowest BCUT2D eigenvalue weighted by atomic mass is 10.2. The summed E-state index contributed by atoms with van der Waals surface area (Å²) in [5.74, 6) is 0. The van der Waals surface area contributed by atoms with E-state index in [1.807, 2.05) is 6.92 Å². The van der Waals surface area contributed by atoms with Crippen LogP contribution in [0.4, 0.5) is 0 Å². The van der Waals surface area contributed by atoms with Gasteiger partial charge in [-0.25, -0.2) is 16.8 Å². The van der Waals surface area contributed by atoms with E-state index < -0.39 is 19.9 Å². The molecule has 33 heavy (non-hydrogen) atoms. The van der Waals surface area contributed by atoms with Gasteiger partial charge in [-0.05, 0) is 62.2 Å². The van der Waals surface area contributed by atoms with Gasteiger partial charge in [0, 0.05) is 39.3 Å². The molecule has 0 aromatic heterocycles. The van der Waals surface area contributed by atoms with Gasteiger partial charge in [0.1, 0.15) is 0 Å². The SMILES string of the molecule is CCc1ccc(S(=O)(=O)c2ccccc2)cc1S(=O)(=O)N1CCN(CCN2CCCC2)CC1. The normalized spacial score (nSPS) is 19.2. The minimum atomic E-state index is -3.80. The van der Waals surface area contributed by atoms with Crippen molar-refractivity contribution in [3.05, 3.63) is 54.1 Å². The van der Waals surface area contributed by atoms with E-state index in [9.17, 15) is 16.8 Å². The molecule has 9 heteroatoms. The molecule has 0 N–H and O–H groups in total. The van der Waals surface area contributed by atoms with Crippen LogP contribution < -0.4 is 0 Å². The number of benzene rings is 2. The molecule has 0 atom stereocenters. The molecule has 2 saturated heterocycles. The number of sulfone groups is 1. The zero-order valence-corrected chi connectivity index (χ0v) is 20.8. The summed E-state index contributed by atoms with van der Waals surface area (Å²) in [7, 11) is -7.59. The highest BCUT2D eigenvalue weighted by atomic mass is 32.2. The second kappa shape index (κ2) is 10.2. The number of sulfonamides is 1. The van der Waals surface area contributed by atoms with Crippen LogP contribution in [0.3, 0.4) is 0 Å². The fourth-order valence-electron chi connectivity index (χ4n) is 4.59. The Bertz CT molecular complexity index is 1150. The molecule has 2 fully saturated rings. The largest absolute Gasteiger partial charge is 0.302 e. The smallest absolute Gasteiger partial charge is 0.243 e. The fourth-order valence-corrected chi connectivity index (χ4v) is 7.72. The molecule has 2 heterocycles. The predicted octanol–water partition coefficient (Wildman–Crippen LogP) is 2.48. The molecule has 180 valence electrons. The number of nitrogens with zero attached hydrogens (tertiary/aromatic N) is 3. The summed E-state index contributed by atoms with van der Waals surface area (Å²) in [5.41, 5.74) is 0.637. The lowest BCUT2D eigenvalue weighted by Crippen LogP contribution is -2.50. The minimum absolute atomic E-state index is 0.00808. The van der Waals surface area contributed by atoms with Gasteiger partial charge >= 0.3 is 0 Å². The third-order valence-corrected chi connectivity index (χ3v) is 10.4. The van der Waals surface area contributed by atoms with Gasteiger partial charge in [-0.3, -0.25) is 4.90 Å². The van der Waals surface area contributed by atoms with E-state index >= 15 is 0 Å². The molecule has 4 rings (SSSR count). The number of piperazine rings is 1. The molecule has 0 amide bonds. The van der Waals surface area contributed by atoms with Crippen molar-refractivity contribution in [1.29, 1.82) is 0 Å². The average Bonchev–Trinajstić information content (AvgIpc) is 3.37. The van der Waals surface area contributed by atoms with Crippen molar-refractivity contribution in [3.63, 3.8) is 0 Å². The van der Waals surface area contributed by atoms with Gasteiger partial charge < -0.3 is 4.90 Å². The maximum absolute atomic E-state index is 13.6. The standard InChI is InChI=1S/C24H33N3O4S2/c1-2-21-10-11-23(32(28,29)22-8-4-3-5-9-22)20-24(21)33(30,31)27-18-16-26(17-19-27)15-14-25-12-6-7-13-25/h3-5,8-11,20H,2,6-7,12-19H2,1H3. The highest BCUT2D eigenvalue weighted by Gasteiger charge is 2.31. The minimum Gasteiger partial charge on any atom is -0.302 e. The van der Waals surface area contributed by atoms with Gasteiger partial charge in [0.2, 0.25) is 19.9 Å². The van der Waals surface area contributed by atoms with Crippen LogP contribution in [0.2, 0.25) is 0 Å². The topological polar surface area (TPSA) is 78.0 Å². The van der Waals surface area contributed by atoms with Crippen LogP contribution in [-0.2, 0) is 26.3 Å². The van der Waals surface area contributed by atoms with Crippen molar-refractivity contribution < 1.29 is 16.8 Å². The van der Waals surface area contributed by atoms with Gasteiger partial charge in [0.05, 0.1) is 14.7 Å². The second-order valence-electron chi connectivity index (χ2n) is 8.73. The van der Waals surface area contributed by atoms with Crippen molar-refractivity contribution >= 4 is 19.9 Å². The maximum Gasteiger partial charge on any atom is 0.243 e. The Morgan fingerprint density at radius 3 is 1.94 bits per heavy atom. The summed E-state index contributed by atoms with van der Waals surface area (Å²) < 4.78 is 54.8. The van der Waals surface area contributed by atoms with Crippen molar-refractivity contribution in [2.45, 2.75) is 40.9 Å². The molecular weight excluding hydrogens is 458 g/mol. The molecule has 2 aromatic carbocycles. The summed E-state index contributed by atoms with van der Waals surface area (Å²) >= 11 is 0. The lowest BCUT2D eigenvalue weighted by Gasteiger charge is -2.35. The van der Waals surface area contributed by atoms with Crippen molar-refractivity contribution in [3.8, 4) is 0 Å². The number of hydrogen-bond acceptors (Lipinski definition) is 6. The van der Waals surface area contributed by atoms with E-state index in [2.05, 4.69) is 9.80 Å². The molecule has 0 saturated carbocycles. The Balaban J connectivity index is 1.52. The van der Waals surface area contributed by atoms with E-state index in [-0.39, 0.29) is 14.7 Å². The van der Waals surface area contributed by atoms with Crippen molar-refractivity contribution in [2.75, 3.05) is 52.4 Å². The molecule has 2 aliphatic heterocycles. The van der Waals surface area contributed by atoms with Gasteiger partial charge in [0.15, 0.2) is 0 Å². The maximum atomic E-state index is 13.6. The summed E-state index contributed by atoms with van der Waals surface area (Å²) in [6.45, 7) is 8.42. The third-order valence-electron chi connectivity index (χ3n) is 6.66. The molecule has 0 radical (unpaired) electrons. The highest BCUT2D eigenvalue weighted by molar-refractivity contribution is 7.91. The quantitative estimate of drug-likeness (QED) is 0.565. The Labute approximate surface area is 198 Å². The van der Waals surface area contributed by atoms with Crippen LogP contribution in [0.25, 0.3) is 0 Å². The zero-order valence-electron chi connectivity index (χ0n) is 19.2. The molecular formula is C24H33N3O4S2. The Morgan fingerprint density at radius 1 is 0.727 bits per heavy atom.